The zero-order valence-corrected chi connectivity index (χ0v) is 28.7. The molecule has 0 fully saturated rings. The molecule has 0 aromatic heterocycles. The van der Waals surface area contributed by atoms with Gasteiger partial charge in [0.2, 0.25) is 5.91 Å². The van der Waals surface area contributed by atoms with Crippen molar-refractivity contribution in [3.63, 3.8) is 0 Å². The normalized spacial score (nSPS) is 11.7. The molecule has 0 aliphatic rings. The summed E-state index contributed by atoms with van der Waals surface area (Å²) >= 11 is 6.12. The topological polar surface area (TPSA) is 114 Å². The first kappa shape index (κ1) is 35.9. The number of halogens is 2. The minimum absolute atomic E-state index is 0.0553. The number of amides is 2. The Balaban J connectivity index is 1.33. The van der Waals surface area contributed by atoms with Gasteiger partial charge < -0.3 is 19.7 Å². The van der Waals surface area contributed by atoms with Gasteiger partial charge in [-0.15, -0.1) is 0 Å². The van der Waals surface area contributed by atoms with Crippen LogP contribution >= 0.6 is 11.6 Å². The van der Waals surface area contributed by atoms with Gasteiger partial charge in [-0.3, -0.25) is 14.3 Å². The Morgan fingerprint density at radius 3 is 2.06 bits per heavy atom. The van der Waals surface area contributed by atoms with E-state index in [1.54, 1.807) is 55.6 Å². The number of carbonyl (C=O) groups excluding carboxylic acids is 2. The van der Waals surface area contributed by atoms with Crippen LogP contribution in [0.4, 0.5) is 10.1 Å². The fourth-order valence-corrected chi connectivity index (χ4v) is 6.30. The van der Waals surface area contributed by atoms with Crippen molar-refractivity contribution in [2.45, 2.75) is 23.9 Å². The molecule has 2 N–H and O–H groups in total. The summed E-state index contributed by atoms with van der Waals surface area (Å²) in [7, 11) is -2.37. The summed E-state index contributed by atoms with van der Waals surface area (Å²) in [5, 5.41) is 3.53. The second kappa shape index (κ2) is 16.8. The van der Waals surface area contributed by atoms with Crippen LogP contribution < -0.4 is 19.5 Å². The van der Waals surface area contributed by atoms with Gasteiger partial charge in [0.15, 0.2) is 6.61 Å². The van der Waals surface area contributed by atoms with E-state index in [1.807, 2.05) is 30.3 Å². The maximum absolute atomic E-state index is 14.0. The van der Waals surface area contributed by atoms with Crippen molar-refractivity contribution in [2.24, 2.45) is 0 Å². The predicted octanol–water partition coefficient (Wildman–Crippen LogP) is 6.80. The van der Waals surface area contributed by atoms with Crippen LogP contribution in [0.2, 0.25) is 5.02 Å². The molecule has 5 aromatic carbocycles. The first-order chi connectivity index (χ1) is 24.1. The standard InChI is InChI=1S/C38H35ClFN3O6S/c1-48-33-17-9-27(10-18-33)23-24-41-38(45)37(29-5-3-2-4-6-29)43(25-28-7-11-30(39)12-8-28)36(44)26-49-34-19-21-35(22-20-34)50(46,47)42-32-15-13-31(40)14-16-32/h2-22,37,42H,23-26H2,1H3,(H,41,45)/t37-/m0/s1. The SMILES string of the molecule is COc1ccc(CCNC(=O)[C@H](c2ccccc2)N(Cc2ccc(Cl)cc2)C(=O)COc2ccc(S(=O)(=O)Nc3ccc(F)cc3)cc2)cc1. The zero-order valence-electron chi connectivity index (χ0n) is 27.1. The Kier molecular flexibility index (Phi) is 12.1. The fourth-order valence-electron chi connectivity index (χ4n) is 5.11. The molecule has 50 heavy (non-hydrogen) atoms. The summed E-state index contributed by atoms with van der Waals surface area (Å²) in [4.78, 5) is 29.3. The van der Waals surface area contributed by atoms with Gasteiger partial charge in [0.25, 0.3) is 15.9 Å². The maximum Gasteiger partial charge on any atom is 0.261 e. The highest BCUT2D eigenvalue weighted by Crippen LogP contribution is 2.26. The van der Waals surface area contributed by atoms with Crippen LogP contribution in [0.1, 0.15) is 22.7 Å². The van der Waals surface area contributed by atoms with Crippen LogP contribution in [0, 0.1) is 5.82 Å². The van der Waals surface area contributed by atoms with E-state index in [-0.39, 0.29) is 28.8 Å². The van der Waals surface area contributed by atoms with Gasteiger partial charge in [-0.05, 0) is 95.9 Å². The average molecular weight is 716 g/mol. The van der Waals surface area contributed by atoms with E-state index in [0.717, 1.165) is 29.0 Å². The lowest BCUT2D eigenvalue weighted by atomic mass is 10.0. The third-order valence-corrected chi connectivity index (χ3v) is 9.38. The average Bonchev–Trinajstić information content (AvgIpc) is 3.13. The Bertz CT molecular complexity index is 1980. The van der Waals surface area contributed by atoms with E-state index in [1.165, 1.54) is 41.3 Å². The van der Waals surface area contributed by atoms with Crippen LogP contribution in [0.3, 0.4) is 0 Å². The molecule has 0 heterocycles. The number of methoxy groups -OCH3 is 1. The van der Waals surface area contributed by atoms with E-state index in [0.29, 0.717) is 23.6 Å². The zero-order chi connectivity index (χ0) is 35.5. The molecule has 0 radical (unpaired) electrons. The lowest BCUT2D eigenvalue weighted by Crippen LogP contribution is -2.45. The van der Waals surface area contributed by atoms with Crippen LogP contribution in [0.25, 0.3) is 0 Å². The van der Waals surface area contributed by atoms with Crippen molar-refractivity contribution in [3.05, 3.63) is 155 Å². The van der Waals surface area contributed by atoms with Crippen molar-refractivity contribution in [3.8, 4) is 11.5 Å². The number of carbonyl (C=O) groups is 2. The summed E-state index contributed by atoms with van der Waals surface area (Å²) in [5.41, 5.74) is 2.57. The van der Waals surface area contributed by atoms with Gasteiger partial charge in [-0.1, -0.05) is 66.2 Å². The van der Waals surface area contributed by atoms with Gasteiger partial charge in [-0.2, -0.15) is 0 Å². The van der Waals surface area contributed by atoms with Crippen LogP contribution in [0.15, 0.2) is 132 Å². The fraction of sp³-hybridized carbons (Fsp3) is 0.158. The van der Waals surface area contributed by atoms with Crippen molar-refractivity contribution in [2.75, 3.05) is 25.0 Å². The number of rotatable bonds is 15. The molecule has 5 aromatic rings. The lowest BCUT2D eigenvalue weighted by molar-refractivity contribution is -0.143. The summed E-state index contributed by atoms with van der Waals surface area (Å²) in [5.74, 6) is -0.355. The Hall–Kier alpha value is -5.39. The molecule has 0 saturated carbocycles. The number of nitrogens with zero attached hydrogens (tertiary/aromatic N) is 1. The van der Waals surface area contributed by atoms with Gasteiger partial charge in [0.1, 0.15) is 23.4 Å². The van der Waals surface area contributed by atoms with E-state index < -0.39 is 34.4 Å². The first-order valence-corrected chi connectivity index (χ1v) is 17.5. The summed E-state index contributed by atoms with van der Waals surface area (Å²) in [6.07, 6.45) is 0.566. The third-order valence-electron chi connectivity index (χ3n) is 7.73. The molecule has 0 aliphatic heterocycles. The Morgan fingerprint density at radius 2 is 1.42 bits per heavy atom. The predicted molar refractivity (Wildman–Crippen MR) is 190 cm³/mol. The van der Waals surface area contributed by atoms with Gasteiger partial charge in [0, 0.05) is 23.8 Å². The molecular formula is C38H35ClFN3O6S. The number of sulfonamides is 1. The molecule has 0 bridgehead atoms. The van der Waals surface area contributed by atoms with Crippen molar-refractivity contribution < 1.29 is 31.9 Å². The quantitative estimate of drug-likeness (QED) is 0.123. The second-order valence-electron chi connectivity index (χ2n) is 11.2. The van der Waals surface area contributed by atoms with E-state index >= 15 is 0 Å². The van der Waals surface area contributed by atoms with Gasteiger partial charge in [0.05, 0.1) is 12.0 Å². The summed E-state index contributed by atoms with van der Waals surface area (Å²) in [6.45, 7) is -0.0215. The highest BCUT2D eigenvalue weighted by Gasteiger charge is 2.32. The molecule has 2 amide bonds. The molecule has 0 spiro atoms. The minimum atomic E-state index is -3.97. The Labute approximate surface area is 295 Å². The largest absolute Gasteiger partial charge is 0.497 e. The van der Waals surface area contributed by atoms with Gasteiger partial charge >= 0.3 is 0 Å². The van der Waals surface area contributed by atoms with Crippen molar-refractivity contribution in [1.29, 1.82) is 0 Å². The molecule has 1 atom stereocenters. The number of anilines is 1. The number of hydrogen-bond donors (Lipinski definition) is 2. The van der Waals surface area contributed by atoms with Gasteiger partial charge in [-0.25, -0.2) is 12.8 Å². The molecular weight excluding hydrogens is 681 g/mol. The highest BCUT2D eigenvalue weighted by atomic mass is 35.5. The smallest absolute Gasteiger partial charge is 0.261 e. The number of nitrogens with one attached hydrogen (secondary N) is 2. The number of hydrogen-bond acceptors (Lipinski definition) is 6. The molecule has 0 unspecified atom stereocenters. The van der Waals surface area contributed by atoms with E-state index in [4.69, 9.17) is 21.1 Å². The van der Waals surface area contributed by atoms with Crippen LogP contribution in [-0.2, 0) is 32.6 Å². The minimum Gasteiger partial charge on any atom is -0.497 e. The monoisotopic (exact) mass is 715 g/mol. The molecule has 0 saturated heterocycles. The highest BCUT2D eigenvalue weighted by molar-refractivity contribution is 7.92. The van der Waals surface area contributed by atoms with Crippen LogP contribution in [-0.4, -0.2) is 45.4 Å². The van der Waals surface area contributed by atoms with E-state index in [9.17, 15) is 22.4 Å². The molecule has 12 heteroatoms. The Morgan fingerprint density at radius 1 is 0.800 bits per heavy atom. The molecule has 5 rings (SSSR count). The third kappa shape index (κ3) is 9.83. The van der Waals surface area contributed by atoms with Crippen molar-refractivity contribution >= 4 is 39.1 Å². The van der Waals surface area contributed by atoms with Crippen molar-refractivity contribution in [1.82, 2.24) is 10.2 Å². The molecule has 0 aliphatic carbocycles. The number of ether oxygens (including phenoxy) is 2. The van der Waals surface area contributed by atoms with Crippen LogP contribution in [0.5, 0.6) is 11.5 Å². The second-order valence-corrected chi connectivity index (χ2v) is 13.3. The first-order valence-electron chi connectivity index (χ1n) is 15.6. The van der Waals surface area contributed by atoms with E-state index in [2.05, 4.69) is 10.0 Å². The molecule has 258 valence electrons. The maximum atomic E-state index is 14.0. The summed E-state index contributed by atoms with van der Waals surface area (Å²) < 4.78 is 52.4. The summed E-state index contributed by atoms with van der Waals surface area (Å²) in [6, 6.07) is 33.0. The lowest BCUT2D eigenvalue weighted by Gasteiger charge is -2.31. The molecule has 9 nitrogen and oxygen atoms in total. The number of benzene rings is 5.